The molecule has 35 heavy (non-hydrogen) atoms. The van der Waals surface area contributed by atoms with Gasteiger partial charge in [-0.15, -0.1) is 0 Å². The van der Waals surface area contributed by atoms with E-state index in [1.54, 1.807) is 4.90 Å². The van der Waals surface area contributed by atoms with E-state index in [1.165, 1.54) is 0 Å². The van der Waals surface area contributed by atoms with Crippen molar-refractivity contribution in [3.05, 3.63) is 70.7 Å². The molecule has 3 aromatic rings. The lowest BCUT2D eigenvalue weighted by Crippen LogP contribution is -2.32. The van der Waals surface area contributed by atoms with Gasteiger partial charge in [0.05, 0.1) is 23.9 Å². The molecule has 8 nitrogen and oxygen atoms in total. The first-order chi connectivity index (χ1) is 16.7. The molecular weight excluding hydrogens is 444 g/mol. The lowest BCUT2D eigenvalue weighted by molar-refractivity contribution is -0.139. The molecule has 1 aliphatic heterocycles. The second-order valence-corrected chi connectivity index (χ2v) is 9.08. The SMILES string of the molecule is CCOc1ccc(C2/C(=C(\O)c3nc4c(C)cccn4c3C)C(=O)C(=O)N2CCCN(C)C)cc1. The Morgan fingerprint density at radius 2 is 1.86 bits per heavy atom. The third-order valence-electron chi connectivity index (χ3n) is 6.36. The number of pyridine rings is 1. The zero-order valence-corrected chi connectivity index (χ0v) is 20.9. The van der Waals surface area contributed by atoms with Crippen LogP contribution in [0, 0.1) is 13.8 Å². The fraction of sp³-hybridized carbons (Fsp3) is 0.370. The van der Waals surface area contributed by atoms with E-state index in [9.17, 15) is 14.7 Å². The van der Waals surface area contributed by atoms with Gasteiger partial charge in [-0.25, -0.2) is 4.98 Å². The molecule has 2 aromatic heterocycles. The molecule has 1 saturated heterocycles. The van der Waals surface area contributed by atoms with Gasteiger partial charge in [0.2, 0.25) is 0 Å². The smallest absolute Gasteiger partial charge is 0.295 e. The summed E-state index contributed by atoms with van der Waals surface area (Å²) in [5, 5.41) is 11.5. The van der Waals surface area contributed by atoms with Crippen LogP contribution < -0.4 is 4.74 Å². The van der Waals surface area contributed by atoms with Crippen LogP contribution in [0.15, 0.2) is 48.2 Å². The van der Waals surface area contributed by atoms with Crippen molar-refractivity contribution in [2.45, 2.75) is 33.2 Å². The van der Waals surface area contributed by atoms with Crippen molar-refractivity contribution in [3.63, 3.8) is 0 Å². The molecule has 184 valence electrons. The summed E-state index contributed by atoms with van der Waals surface area (Å²) in [6, 6.07) is 10.5. The highest BCUT2D eigenvalue weighted by Gasteiger charge is 2.46. The molecule has 3 heterocycles. The van der Waals surface area contributed by atoms with Crippen LogP contribution in [0.5, 0.6) is 5.75 Å². The highest BCUT2D eigenvalue weighted by atomic mass is 16.5. The van der Waals surface area contributed by atoms with Crippen LogP contribution in [0.4, 0.5) is 0 Å². The average molecular weight is 477 g/mol. The molecular formula is C27H32N4O4. The normalized spacial score (nSPS) is 17.7. The third-order valence-corrected chi connectivity index (χ3v) is 6.36. The van der Waals surface area contributed by atoms with Gasteiger partial charge in [0.15, 0.2) is 5.76 Å². The first-order valence-corrected chi connectivity index (χ1v) is 11.8. The number of benzene rings is 1. The summed E-state index contributed by atoms with van der Waals surface area (Å²) < 4.78 is 7.44. The van der Waals surface area contributed by atoms with Crippen molar-refractivity contribution < 1.29 is 19.4 Å². The zero-order valence-electron chi connectivity index (χ0n) is 20.9. The molecule has 0 aliphatic carbocycles. The maximum atomic E-state index is 13.3. The Morgan fingerprint density at radius 1 is 1.14 bits per heavy atom. The summed E-state index contributed by atoms with van der Waals surface area (Å²) >= 11 is 0. The number of aromatic nitrogens is 2. The predicted molar refractivity (Wildman–Crippen MR) is 134 cm³/mol. The highest BCUT2D eigenvalue weighted by Crippen LogP contribution is 2.40. The van der Waals surface area contributed by atoms with Gasteiger partial charge in [0.25, 0.3) is 11.7 Å². The van der Waals surface area contributed by atoms with E-state index in [4.69, 9.17) is 4.74 Å². The number of imidazole rings is 1. The molecule has 1 unspecified atom stereocenters. The quantitative estimate of drug-likeness (QED) is 0.303. The number of hydrogen-bond donors (Lipinski definition) is 1. The minimum absolute atomic E-state index is 0.0631. The Balaban J connectivity index is 1.85. The monoisotopic (exact) mass is 476 g/mol. The Labute approximate surface area is 205 Å². The summed E-state index contributed by atoms with van der Waals surface area (Å²) in [5.41, 5.74) is 3.45. The molecule has 0 saturated carbocycles. The number of Topliss-reactive ketones (excluding diaryl/α,β-unsaturated/α-hetero) is 1. The topological polar surface area (TPSA) is 87.4 Å². The molecule has 4 rings (SSSR count). The summed E-state index contributed by atoms with van der Waals surface area (Å²) in [4.78, 5) is 34.7. The summed E-state index contributed by atoms with van der Waals surface area (Å²) in [6.07, 6.45) is 2.56. The number of aryl methyl sites for hydroxylation is 2. The Bertz CT molecular complexity index is 1290. The van der Waals surface area contributed by atoms with Crippen molar-refractivity contribution in [1.29, 1.82) is 0 Å². The van der Waals surface area contributed by atoms with Gasteiger partial charge in [-0.2, -0.15) is 0 Å². The number of carbonyl (C=O) groups is 2. The number of nitrogens with zero attached hydrogens (tertiary/aromatic N) is 4. The van der Waals surface area contributed by atoms with Crippen molar-refractivity contribution in [2.75, 3.05) is 33.8 Å². The Kier molecular flexibility index (Phi) is 6.93. The van der Waals surface area contributed by atoms with Gasteiger partial charge >= 0.3 is 0 Å². The van der Waals surface area contributed by atoms with Gasteiger partial charge < -0.3 is 24.0 Å². The van der Waals surface area contributed by atoms with Crippen molar-refractivity contribution >= 4 is 23.1 Å². The van der Waals surface area contributed by atoms with Crippen molar-refractivity contribution in [1.82, 2.24) is 19.2 Å². The second kappa shape index (κ2) is 9.92. The van der Waals surface area contributed by atoms with Gasteiger partial charge in [-0.3, -0.25) is 9.59 Å². The minimum atomic E-state index is -0.710. The van der Waals surface area contributed by atoms with Crippen LogP contribution in [0.3, 0.4) is 0 Å². The number of likely N-dealkylation sites (tertiary alicyclic amines) is 1. The average Bonchev–Trinajstić information content (AvgIpc) is 3.30. The lowest BCUT2D eigenvalue weighted by Gasteiger charge is -2.26. The van der Waals surface area contributed by atoms with Gasteiger partial charge in [0.1, 0.15) is 17.1 Å². The number of rotatable bonds is 8. The number of fused-ring (bicyclic) bond motifs is 1. The van der Waals surface area contributed by atoms with E-state index in [1.807, 2.05) is 86.8 Å². The molecule has 8 heteroatoms. The number of hydrogen-bond acceptors (Lipinski definition) is 6. The van der Waals surface area contributed by atoms with Gasteiger partial charge in [-0.05, 0) is 77.2 Å². The molecule has 1 fully saturated rings. The number of amides is 1. The Morgan fingerprint density at radius 3 is 2.49 bits per heavy atom. The predicted octanol–water partition coefficient (Wildman–Crippen LogP) is 3.72. The maximum Gasteiger partial charge on any atom is 0.295 e. The minimum Gasteiger partial charge on any atom is -0.505 e. The molecule has 1 aromatic carbocycles. The standard InChI is InChI=1S/C27H32N4O4/c1-6-35-20-12-10-19(11-13-20)23-21(25(33)27(34)31(23)16-8-14-29(4)5)24(32)22-18(3)30-15-7-9-17(2)26(30)28-22/h7,9-13,15,23,32H,6,8,14,16H2,1-5H3/b24-21+. The van der Waals surface area contributed by atoms with Crippen LogP contribution in [-0.4, -0.2) is 69.8 Å². The molecule has 1 aliphatic rings. The first-order valence-electron chi connectivity index (χ1n) is 11.8. The van der Waals surface area contributed by atoms with Crippen LogP contribution >= 0.6 is 0 Å². The van der Waals surface area contributed by atoms with E-state index in [0.29, 0.717) is 42.4 Å². The zero-order chi connectivity index (χ0) is 25.3. The second-order valence-electron chi connectivity index (χ2n) is 9.08. The van der Waals surface area contributed by atoms with Crippen LogP contribution in [0.25, 0.3) is 11.4 Å². The van der Waals surface area contributed by atoms with E-state index in [0.717, 1.165) is 17.7 Å². The van der Waals surface area contributed by atoms with Crippen LogP contribution in [0.2, 0.25) is 0 Å². The molecule has 0 radical (unpaired) electrons. The summed E-state index contributed by atoms with van der Waals surface area (Å²) in [6.45, 7) is 7.38. The molecule has 0 bridgehead atoms. The largest absolute Gasteiger partial charge is 0.505 e. The maximum absolute atomic E-state index is 13.3. The molecule has 1 atom stereocenters. The first kappa shape index (κ1) is 24.5. The molecule has 1 amide bonds. The van der Waals surface area contributed by atoms with Crippen molar-refractivity contribution in [3.8, 4) is 5.75 Å². The highest BCUT2D eigenvalue weighted by molar-refractivity contribution is 6.46. The number of aliphatic hydroxyl groups excluding tert-OH is 1. The summed E-state index contributed by atoms with van der Waals surface area (Å²) in [5.74, 6) is -0.855. The lowest BCUT2D eigenvalue weighted by atomic mass is 9.96. The third kappa shape index (κ3) is 4.53. The Hall–Kier alpha value is -3.65. The van der Waals surface area contributed by atoms with E-state index in [2.05, 4.69) is 4.98 Å². The molecule has 1 N–H and O–H groups in total. The van der Waals surface area contributed by atoms with E-state index >= 15 is 0 Å². The van der Waals surface area contributed by atoms with Gasteiger partial charge in [0, 0.05) is 12.7 Å². The number of aliphatic hydroxyl groups is 1. The van der Waals surface area contributed by atoms with Crippen LogP contribution in [0.1, 0.15) is 41.9 Å². The number of carbonyl (C=O) groups excluding carboxylic acids is 2. The fourth-order valence-electron chi connectivity index (χ4n) is 4.60. The fourth-order valence-corrected chi connectivity index (χ4v) is 4.60. The molecule has 0 spiro atoms. The number of ketones is 1. The summed E-state index contributed by atoms with van der Waals surface area (Å²) in [7, 11) is 3.93. The van der Waals surface area contributed by atoms with E-state index in [-0.39, 0.29) is 11.3 Å². The van der Waals surface area contributed by atoms with E-state index < -0.39 is 17.7 Å². The van der Waals surface area contributed by atoms with Gasteiger partial charge in [-0.1, -0.05) is 18.2 Å². The number of ether oxygens (including phenoxy) is 1. The van der Waals surface area contributed by atoms with Crippen LogP contribution in [-0.2, 0) is 9.59 Å². The van der Waals surface area contributed by atoms with Crippen molar-refractivity contribution in [2.24, 2.45) is 0 Å².